The molecule has 118 valence electrons. The number of hydrogen-bond acceptors (Lipinski definition) is 2. The third kappa shape index (κ3) is 3.72. The summed E-state index contributed by atoms with van der Waals surface area (Å²) in [4.78, 5) is 0. The van der Waals surface area contributed by atoms with Crippen molar-refractivity contribution < 1.29 is 4.74 Å². The van der Waals surface area contributed by atoms with Crippen molar-refractivity contribution in [3.05, 3.63) is 77.4 Å². The molecule has 0 aromatic heterocycles. The van der Waals surface area contributed by atoms with Gasteiger partial charge < -0.3 is 10.1 Å². The summed E-state index contributed by atoms with van der Waals surface area (Å²) < 4.78 is 5.83. The van der Waals surface area contributed by atoms with Crippen LogP contribution in [0.4, 0.5) is 0 Å². The minimum Gasteiger partial charge on any atom is -0.494 e. The first-order valence-electron chi connectivity index (χ1n) is 8.17. The fraction of sp³-hybridized carbons (Fsp3) is 0.238. The Morgan fingerprint density at radius 3 is 2.61 bits per heavy atom. The molecule has 0 amide bonds. The maximum absolute atomic E-state index is 5.83. The normalized spacial score (nSPS) is 10.9. The van der Waals surface area contributed by atoms with Gasteiger partial charge in [-0.25, -0.2) is 0 Å². The van der Waals surface area contributed by atoms with Crippen LogP contribution in [-0.4, -0.2) is 6.61 Å². The summed E-state index contributed by atoms with van der Waals surface area (Å²) in [7, 11) is 0. The molecule has 0 heterocycles. The molecule has 0 saturated heterocycles. The zero-order valence-corrected chi connectivity index (χ0v) is 13.8. The number of aryl methyl sites for hydroxylation is 1. The van der Waals surface area contributed by atoms with Crippen LogP contribution in [0.25, 0.3) is 10.8 Å². The highest BCUT2D eigenvalue weighted by Crippen LogP contribution is 2.28. The number of benzene rings is 3. The topological polar surface area (TPSA) is 21.3 Å². The van der Waals surface area contributed by atoms with Gasteiger partial charge in [0, 0.05) is 18.7 Å². The van der Waals surface area contributed by atoms with Gasteiger partial charge in [0.15, 0.2) is 0 Å². The Bertz CT molecular complexity index is 795. The Balaban J connectivity index is 1.81. The second kappa shape index (κ2) is 7.30. The van der Waals surface area contributed by atoms with E-state index in [9.17, 15) is 0 Å². The van der Waals surface area contributed by atoms with Gasteiger partial charge >= 0.3 is 0 Å². The highest BCUT2D eigenvalue weighted by Gasteiger charge is 2.08. The predicted octanol–water partition coefficient (Wildman–Crippen LogP) is 4.84. The fourth-order valence-corrected chi connectivity index (χ4v) is 2.94. The minimum absolute atomic E-state index is 0.684. The Labute approximate surface area is 138 Å². The van der Waals surface area contributed by atoms with Gasteiger partial charge in [0.05, 0.1) is 6.61 Å². The summed E-state index contributed by atoms with van der Waals surface area (Å²) in [5, 5.41) is 6.07. The van der Waals surface area contributed by atoms with Gasteiger partial charge in [0.1, 0.15) is 5.75 Å². The van der Waals surface area contributed by atoms with Gasteiger partial charge in [-0.3, -0.25) is 0 Å². The van der Waals surface area contributed by atoms with Crippen LogP contribution in [0.15, 0.2) is 60.7 Å². The Morgan fingerprint density at radius 1 is 0.913 bits per heavy atom. The summed E-state index contributed by atoms with van der Waals surface area (Å²) in [5.74, 6) is 0.975. The summed E-state index contributed by atoms with van der Waals surface area (Å²) in [6.07, 6.45) is 0. The molecule has 2 nitrogen and oxygen atoms in total. The average molecular weight is 305 g/mol. The molecule has 0 saturated carbocycles. The number of nitrogens with one attached hydrogen (secondary N) is 1. The molecule has 3 rings (SSSR count). The van der Waals surface area contributed by atoms with Crippen LogP contribution in [0.5, 0.6) is 5.75 Å². The van der Waals surface area contributed by atoms with Crippen molar-refractivity contribution in [1.29, 1.82) is 0 Å². The summed E-state index contributed by atoms with van der Waals surface area (Å²) in [5.41, 5.74) is 3.84. The molecule has 0 atom stereocenters. The fourth-order valence-electron chi connectivity index (χ4n) is 2.94. The highest BCUT2D eigenvalue weighted by molar-refractivity contribution is 5.87. The van der Waals surface area contributed by atoms with Crippen LogP contribution >= 0.6 is 0 Å². The van der Waals surface area contributed by atoms with Crippen LogP contribution < -0.4 is 10.1 Å². The monoisotopic (exact) mass is 305 g/mol. The molecular weight excluding hydrogens is 282 g/mol. The maximum atomic E-state index is 5.83. The van der Waals surface area contributed by atoms with Crippen molar-refractivity contribution in [3.63, 3.8) is 0 Å². The molecule has 1 N–H and O–H groups in total. The van der Waals surface area contributed by atoms with Crippen molar-refractivity contribution in [2.75, 3.05) is 6.61 Å². The van der Waals surface area contributed by atoms with Crippen molar-refractivity contribution >= 4 is 10.8 Å². The Morgan fingerprint density at radius 2 is 1.78 bits per heavy atom. The van der Waals surface area contributed by atoms with Crippen LogP contribution in [0.2, 0.25) is 0 Å². The first-order valence-corrected chi connectivity index (χ1v) is 8.17. The third-order valence-corrected chi connectivity index (χ3v) is 4.01. The third-order valence-electron chi connectivity index (χ3n) is 4.01. The average Bonchev–Trinajstić information content (AvgIpc) is 2.57. The van der Waals surface area contributed by atoms with E-state index in [0.29, 0.717) is 6.61 Å². The predicted molar refractivity (Wildman–Crippen MR) is 96.8 cm³/mol. The highest BCUT2D eigenvalue weighted by atomic mass is 16.5. The van der Waals surface area contributed by atoms with Crippen molar-refractivity contribution in [2.24, 2.45) is 0 Å². The first kappa shape index (κ1) is 15.6. The molecule has 0 aliphatic heterocycles. The number of fused-ring (bicyclic) bond motifs is 1. The van der Waals surface area contributed by atoms with E-state index in [1.54, 1.807) is 0 Å². The van der Waals surface area contributed by atoms with E-state index < -0.39 is 0 Å². The van der Waals surface area contributed by atoms with Gasteiger partial charge in [-0.15, -0.1) is 0 Å². The molecule has 0 aliphatic carbocycles. The molecule has 0 aliphatic rings. The van der Waals surface area contributed by atoms with E-state index in [2.05, 4.69) is 72.9 Å². The van der Waals surface area contributed by atoms with Crippen molar-refractivity contribution in [3.8, 4) is 5.75 Å². The molecule has 3 aromatic carbocycles. The van der Waals surface area contributed by atoms with Gasteiger partial charge in [-0.1, -0.05) is 60.2 Å². The number of ether oxygens (including phenoxy) is 1. The van der Waals surface area contributed by atoms with Crippen molar-refractivity contribution in [1.82, 2.24) is 5.32 Å². The van der Waals surface area contributed by atoms with Crippen LogP contribution in [0, 0.1) is 6.92 Å². The molecule has 0 radical (unpaired) electrons. The largest absolute Gasteiger partial charge is 0.494 e. The van der Waals surface area contributed by atoms with Gasteiger partial charge in [-0.05, 0) is 36.2 Å². The number of hydrogen-bond donors (Lipinski definition) is 1. The van der Waals surface area contributed by atoms with E-state index in [-0.39, 0.29) is 0 Å². The molecule has 0 fully saturated rings. The van der Waals surface area contributed by atoms with Gasteiger partial charge in [-0.2, -0.15) is 0 Å². The molecule has 0 spiro atoms. The second-order valence-corrected chi connectivity index (χ2v) is 5.79. The van der Waals surface area contributed by atoms with E-state index in [4.69, 9.17) is 4.74 Å². The summed E-state index contributed by atoms with van der Waals surface area (Å²) >= 11 is 0. The lowest BCUT2D eigenvalue weighted by Gasteiger charge is -2.14. The lowest BCUT2D eigenvalue weighted by atomic mass is 10.0. The zero-order chi connectivity index (χ0) is 16.1. The smallest absolute Gasteiger partial charge is 0.124 e. The zero-order valence-electron chi connectivity index (χ0n) is 13.8. The molecular formula is C21H23NO. The van der Waals surface area contributed by atoms with Crippen LogP contribution in [-0.2, 0) is 13.1 Å². The SMILES string of the molecule is CCOc1ccc2ccccc2c1CNCc1cccc(C)c1. The van der Waals surface area contributed by atoms with E-state index in [0.717, 1.165) is 18.8 Å². The molecule has 23 heavy (non-hydrogen) atoms. The van der Waals surface area contributed by atoms with E-state index >= 15 is 0 Å². The minimum atomic E-state index is 0.684. The van der Waals surface area contributed by atoms with Crippen LogP contribution in [0.3, 0.4) is 0 Å². The van der Waals surface area contributed by atoms with Gasteiger partial charge in [0.25, 0.3) is 0 Å². The van der Waals surface area contributed by atoms with Gasteiger partial charge in [0.2, 0.25) is 0 Å². The Hall–Kier alpha value is -2.32. The molecule has 3 aromatic rings. The Kier molecular flexibility index (Phi) is 4.94. The standard InChI is InChI=1S/C21H23NO/c1-3-23-21-12-11-18-9-4-5-10-19(18)20(21)15-22-14-17-8-6-7-16(2)13-17/h4-13,22H,3,14-15H2,1-2H3. The molecule has 0 bridgehead atoms. The number of rotatable bonds is 6. The summed E-state index contributed by atoms with van der Waals surface area (Å²) in [6, 6.07) is 21.3. The first-order chi connectivity index (χ1) is 11.3. The summed E-state index contributed by atoms with van der Waals surface area (Å²) in [6.45, 7) is 6.49. The molecule has 2 heteroatoms. The second-order valence-electron chi connectivity index (χ2n) is 5.79. The van der Waals surface area contributed by atoms with E-state index in [1.165, 1.54) is 27.5 Å². The molecule has 0 unspecified atom stereocenters. The van der Waals surface area contributed by atoms with E-state index in [1.807, 2.05) is 6.92 Å². The van der Waals surface area contributed by atoms with Crippen molar-refractivity contribution in [2.45, 2.75) is 26.9 Å². The maximum Gasteiger partial charge on any atom is 0.124 e. The quantitative estimate of drug-likeness (QED) is 0.704. The van der Waals surface area contributed by atoms with Crippen LogP contribution in [0.1, 0.15) is 23.6 Å². The lowest BCUT2D eigenvalue weighted by Crippen LogP contribution is -2.14. The lowest BCUT2D eigenvalue weighted by molar-refractivity contribution is 0.336.